The molecule has 1 aliphatic heterocycles. The number of nitrogens with one attached hydrogen (secondary N) is 3. The number of amides is 1. The summed E-state index contributed by atoms with van der Waals surface area (Å²) in [6.07, 6.45) is 1.66. The van der Waals surface area contributed by atoms with Gasteiger partial charge in [-0.1, -0.05) is 23.7 Å². The number of aromatic hydroxyl groups is 1. The first-order valence-corrected chi connectivity index (χ1v) is 7.91. The van der Waals surface area contributed by atoms with Gasteiger partial charge in [0.2, 0.25) is 0 Å². The van der Waals surface area contributed by atoms with Crippen LogP contribution in [-0.4, -0.2) is 21.2 Å². The molecule has 0 saturated carbocycles. The van der Waals surface area contributed by atoms with Gasteiger partial charge in [-0.05, 0) is 42.5 Å². The van der Waals surface area contributed by atoms with Crippen LogP contribution in [0.15, 0.2) is 54.2 Å². The number of H-pyrrole nitrogens is 1. The Morgan fingerprint density at radius 3 is 2.60 bits per heavy atom. The molecule has 0 radical (unpaired) electrons. The summed E-state index contributed by atoms with van der Waals surface area (Å²) >= 11 is 5.97. The smallest absolute Gasteiger partial charge is 0.272 e. The van der Waals surface area contributed by atoms with Crippen LogP contribution < -0.4 is 10.6 Å². The van der Waals surface area contributed by atoms with Gasteiger partial charge in [-0.15, -0.1) is 0 Å². The van der Waals surface area contributed by atoms with Crippen molar-refractivity contribution < 1.29 is 9.90 Å². The lowest BCUT2D eigenvalue weighted by Gasteiger charge is -2.20. The number of aromatic amines is 1. The highest BCUT2D eigenvalue weighted by atomic mass is 35.5. The molecule has 1 aliphatic rings. The Balaban J connectivity index is 1.66. The second-order valence-electron chi connectivity index (χ2n) is 5.55. The number of carbonyl (C=O) groups excluding carboxylic acids is 1. The minimum atomic E-state index is -0.236. The van der Waals surface area contributed by atoms with E-state index >= 15 is 0 Å². The van der Waals surface area contributed by atoms with E-state index in [1.54, 1.807) is 24.3 Å². The van der Waals surface area contributed by atoms with Crippen molar-refractivity contribution in [1.29, 1.82) is 0 Å². The van der Waals surface area contributed by atoms with Crippen LogP contribution in [0.3, 0.4) is 0 Å². The molecule has 25 heavy (non-hydrogen) atoms. The average Bonchev–Trinajstić information content (AvgIpc) is 3.06. The second-order valence-corrected chi connectivity index (χ2v) is 5.99. The Hall–Kier alpha value is -3.25. The largest absolute Gasteiger partial charge is 0.507 e. The number of hydrogen-bond donors (Lipinski definition) is 4. The van der Waals surface area contributed by atoms with Crippen molar-refractivity contribution in [3.05, 3.63) is 64.9 Å². The molecule has 0 atom stereocenters. The van der Waals surface area contributed by atoms with Gasteiger partial charge in [0.05, 0.1) is 22.8 Å². The third-order valence-electron chi connectivity index (χ3n) is 3.82. The van der Waals surface area contributed by atoms with E-state index in [2.05, 4.69) is 20.8 Å². The lowest BCUT2D eigenvalue weighted by atomic mass is 10.1. The summed E-state index contributed by atoms with van der Waals surface area (Å²) in [7, 11) is 0. The van der Waals surface area contributed by atoms with Crippen LogP contribution in [-0.2, 0) is 4.79 Å². The van der Waals surface area contributed by atoms with E-state index in [0.717, 1.165) is 11.4 Å². The maximum atomic E-state index is 12.2. The van der Waals surface area contributed by atoms with Crippen LogP contribution in [0.25, 0.3) is 17.3 Å². The molecular formula is C18H13ClN4O2. The molecule has 3 aromatic rings. The summed E-state index contributed by atoms with van der Waals surface area (Å²) in [6, 6.07) is 13.9. The molecule has 7 heteroatoms. The molecular weight excluding hydrogens is 340 g/mol. The predicted octanol–water partition coefficient (Wildman–Crippen LogP) is 3.84. The van der Waals surface area contributed by atoms with Crippen molar-refractivity contribution in [3.8, 4) is 17.0 Å². The highest BCUT2D eigenvalue weighted by Crippen LogP contribution is 2.32. The first-order chi connectivity index (χ1) is 12.1. The number of fused-ring (bicyclic) bond motifs is 1. The number of carbonyl (C=O) groups is 1. The Morgan fingerprint density at radius 1 is 1.04 bits per heavy atom. The SMILES string of the molecule is O=C1Nc2ccccc2NC1=Cc1cc(-c2cc(Cl)ccc2O)n[nH]1. The van der Waals surface area contributed by atoms with Gasteiger partial charge in [0.25, 0.3) is 5.91 Å². The molecule has 1 aromatic heterocycles. The molecule has 1 amide bonds. The topological polar surface area (TPSA) is 90.0 Å². The van der Waals surface area contributed by atoms with E-state index in [1.807, 2.05) is 24.3 Å². The number of para-hydroxylation sites is 2. The zero-order valence-corrected chi connectivity index (χ0v) is 13.6. The quantitative estimate of drug-likeness (QED) is 0.527. The van der Waals surface area contributed by atoms with E-state index in [4.69, 9.17) is 11.6 Å². The maximum Gasteiger partial charge on any atom is 0.272 e. The molecule has 0 saturated heterocycles. The number of anilines is 2. The fourth-order valence-corrected chi connectivity index (χ4v) is 2.78. The Labute approximate surface area is 148 Å². The fraction of sp³-hybridized carbons (Fsp3) is 0. The number of benzene rings is 2. The van der Waals surface area contributed by atoms with Crippen molar-refractivity contribution >= 4 is 35.0 Å². The minimum absolute atomic E-state index is 0.0811. The van der Waals surface area contributed by atoms with Crippen LogP contribution in [0.4, 0.5) is 11.4 Å². The third kappa shape index (κ3) is 2.95. The summed E-state index contributed by atoms with van der Waals surface area (Å²) in [6.45, 7) is 0. The highest BCUT2D eigenvalue weighted by molar-refractivity contribution is 6.31. The van der Waals surface area contributed by atoms with Crippen LogP contribution in [0, 0.1) is 0 Å². The van der Waals surface area contributed by atoms with Crippen LogP contribution in [0.5, 0.6) is 5.75 Å². The van der Waals surface area contributed by atoms with Gasteiger partial charge in [-0.3, -0.25) is 9.89 Å². The average molecular weight is 353 g/mol. The number of hydrogen-bond acceptors (Lipinski definition) is 4. The Morgan fingerprint density at radius 2 is 1.80 bits per heavy atom. The van der Waals surface area contributed by atoms with Crippen molar-refractivity contribution in [3.63, 3.8) is 0 Å². The van der Waals surface area contributed by atoms with E-state index < -0.39 is 0 Å². The van der Waals surface area contributed by atoms with E-state index in [0.29, 0.717) is 27.7 Å². The lowest BCUT2D eigenvalue weighted by Crippen LogP contribution is -2.25. The number of phenols is 1. The first kappa shape index (κ1) is 15.3. The predicted molar refractivity (Wildman–Crippen MR) is 97.4 cm³/mol. The van der Waals surface area contributed by atoms with Crippen molar-refractivity contribution in [1.82, 2.24) is 10.2 Å². The summed E-state index contributed by atoms with van der Waals surface area (Å²) in [4.78, 5) is 12.2. The van der Waals surface area contributed by atoms with Crippen LogP contribution in [0.1, 0.15) is 5.69 Å². The van der Waals surface area contributed by atoms with Crippen molar-refractivity contribution in [2.75, 3.05) is 10.6 Å². The summed E-state index contributed by atoms with van der Waals surface area (Å²) in [5.41, 5.74) is 3.61. The van der Waals surface area contributed by atoms with Gasteiger partial charge in [-0.2, -0.15) is 5.10 Å². The van der Waals surface area contributed by atoms with Gasteiger partial charge < -0.3 is 15.7 Å². The van der Waals surface area contributed by atoms with E-state index in [1.165, 1.54) is 6.07 Å². The van der Waals surface area contributed by atoms with Crippen LogP contribution in [0.2, 0.25) is 5.02 Å². The molecule has 2 aromatic carbocycles. The maximum absolute atomic E-state index is 12.2. The number of halogens is 1. The lowest BCUT2D eigenvalue weighted by molar-refractivity contribution is -0.112. The highest BCUT2D eigenvalue weighted by Gasteiger charge is 2.19. The molecule has 124 valence electrons. The molecule has 4 rings (SSSR count). The van der Waals surface area contributed by atoms with E-state index in [9.17, 15) is 9.90 Å². The molecule has 0 spiro atoms. The van der Waals surface area contributed by atoms with Gasteiger partial charge in [-0.25, -0.2) is 0 Å². The summed E-state index contributed by atoms with van der Waals surface area (Å²) in [5.74, 6) is -0.155. The summed E-state index contributed by atoms with van der Waals surface area (Å²) in [5, 5.41) is 23.4. The number of aromatic nitrogens is 2. The molecule has 6 nitrogen and oxygen atoms in total. The monoisotopic (exact) mass is 352 g/mol. The zero-order valence-electron chi connectivity index (χ0n) is 12.9. The minimum Gasteiger partial charge on any atom is -0.507 e. The van der Waals surface area contributed by atoms with Crippen molar-refractivity contribution in [2.24, 2.45) is 0 Å². The Bertz CT molecular complexity index is 1010. The first-order valence-electron chi connectivity index (χ1n) is 7.53. The van der Waals surface area contributed by atoms with Gasteiger partial charge >= 0.3 is 0 Å². The second kappa shape index (κ2) is 5.99. The third-order valence-corrected chi connectivity index (χ3v) is 4.06. The molecule has 2 heterocycles. The number of nitrogens with zero attached hydrogens (tertiary/aromatic N) is 1. The zero-order chi connectivity index (χ0) is 17.4. The van der Waals surface area contributed by atoms with Gasteiger partial charge in [0.1, 0.15) is 11.4 Å². The standard InChI is InChI=1S/C18H13ClN4O2/c19-10-5-6-17(24)12(7-10)15-8-11(22-23-15)9-16-18(25)21-14-4-2-1-3-13(14)20-16/h1-9,20,24H,(H,21,25)(H,22,23). The fourth-order valence-electron chi connectivity index (χ4n) is 2.61. The molecule has 0 fully saturated rings. The Kier molecular flexibility index (Phi) is 3.66. The van der Waals surface area contributed by atoms with Crippen molar-refractivity contribution in [2.45, 2.75) is 0 Å². The van der Waals surface area contributed by atoms with Gasteiger partial charge in [0.15, 0.2) is 0 Å². The molecule has 0 bridgehead atoms. The number of phenolic OH excluding ortho intramolecular Hbond substituents is 1. The van der Waals surface area contributed by atoms with E-state index in [-0.39, 0.29) is 11.7 Å². The molecule has 0 aliphatic carbocycles. The normalized spacial score (nSPS) is 14.8. The molecule has 0 unspecified atom stereocenters. The summed E-state index contributed by atoms with van der Waals surface area (Å²) < 4.78 is 0. The van der Waals surface area contributed by atoms with Crippen LogP contribution >= 0.6 is 11.6 Å². The number of rotatable bonds is 2. The van der Waals surface area contributed by atoms with Gasteiger partial charge in [0, 0.05) is 10.6 Å². The molecule has 4 N–H and O–H groups in total.